The second-order valence-electron chi connectivity index (χ2n) is 12.3. The number of unbranched alkanes of at least 4 members (excludes halogenated alkanes) is 1. The Hall–Kier alpha value is -4.00. The van der Waals surface area contributed by atoms with Crippen molar-refractivity contribution in [3.8, 4) is 11.1 Å². The Labute approximate surface area is 283 Å². The number of anilines is 1. The summed E-state index contributed by atoms with van der Waals surface area (Å²) in [7, 11) is -1.12. The van der Waals surface area contributed by atoms with E-state index in [1.165, 1.54) is 0 Å². The first-order valence-electron chi connectivity index (χ1n) is 16.5. The maximum atomic E-state index is 14.5. The van der Waals surface area contributed by atoms with Crippen molar-refractivity contribution >= 4 is 33.7 Å². The Kier molecular flexibility index (Phi) is 11.4. The predicted molar refractivity (Wildman–Crippen MR) is 185 cm³/mol. The van der Waals surface area contributed by atoms with Crippen molar-refractivity contribution in [3.63, 3.8) is 0 Å². The maximum Gasteiger partial charge on any atom is 0.269 e. The molecule has 1 aliphatic heterocycles. The van der Waals surface area contributed by atoms with Gasteiger partial charge in [0.1, 0.15) is 18.1 Å². The quantitative estimate of drug-likeness (QED) is 0.0939. The summed E-state index contributed by atoms with van der Waals surface area (Å²) >= 11 is 0. The molecule has 0 saturated heterocycles. The predicted octanol–water partition coefficient (Wildman–Crippen LogP) is 6.64. The number of aromatic nitrogens is 1. The van der Waals surface area contributed by atoms with Crippen LogP contribution in [-0.2, 0) is 35.6 Å². The number of ether oxygens (including phenoxy) is 3. The van der Waals surface area contributed by atoms with E-state index in [2.05, 4.69) is 12.1 Å². The van der Waals surface area contributed by atoms with Gasteiger partial charge in [0.2, 0.25) is 5.88 Å². The van der Waals surface area contributed by atoms with Crippen LogP contribution in [0, 0.1) is 13.8 Å². The molecule has 0 unspecified atom stereocenters. The molecule has 3 aromatic rings. The van der Waals surface area contributed by atoms with Crippen molar-refractivity contribution in [2.24, 2.45) is 4.99 Å². The lowest BCUT2D eigenvalue weighted by Crippen LogP contribution is -2.40. The smallest absolute Gasteiger partial charge is 0.269 e. The maximum absolute atomic E-state index is 14.5. The highest BCUT2D eigenvalue weighted by atomic mass is 32.2. The minimum atomic E-state index is -4.22. The molecule has 1 saturated carbocycles. The fraction of sp³-hybridized carbons (Fsp3) is 0.472. The Morgan fingerprint density at radius 2 is 1.83 bits per heavy atom. The summed E-state index contributed by atoms with van der Waals surface area (Å²) in [6.07, 6.45) is 9.72. The van der Waals surface area contributed by atoms with Crippen LogP contribution in [0.15, 0.2) is 63.1 Å². The molecule has 12 heteroatoms. The third kappa shape index (κ3) is 7.20. The molecule has 0 N–H and O–H groups in total. The van der Waals surface area contributed by atoms with E-state index in [9.17, 15) is 13.2 Å². The van der Waals surface area contributed by atoms with E-state index in [4.69, 9.17) is 23.7 Å². The SMILES string of the molecule is CCCCC1=NC2(CCCC2)C(=O)N1Cc1ccc(-c2ccccc2S(=O)(=O)N(COCCOC)c2onc(C)c2C)c(C=COC)c1. The van der Waals surface area contributed by atoms with E-state index in [1.807, 2.05) is 23.1 Å². The van der Waals surface area contributed by atoms with Gasteiger partial charge in [-0.25, -0.2) is 12.7 Å². The van der Waals surface area contributed by atoms with Crippen LogP contribution in [0.1, 0.15) is 74.3 Å². The van der Waals surface area contributed by atoms with Gasteiger partial charge in [-0.05, 0) is 68.0 Å². The number of nitrogens with zero attached hydrogens (tertiary/aromatic N) is 4. The van der Waals surface area contributed by atoms with E-state index >= 15 is 0 Å². The molecule has 2 aliphatic rings. The number of carbonyl (C=O) groups excluding carboxylic acids is 1. The van der Waals surface area contributed by atoms with Crippen LogP contribution in [0.4, 0.5) is 5.88 Å². The van der Waals surface area contributed by atoms with Crippen LogP contribution in [0.3, 0.4) is 0 Å². The summed E-state index contributed by atoms with van der Waals surface area (Å²) in [5.41, 5.74) is 3.37. The van der Waals surface area contributed by atoms with Crippen LogP contribution in [0.5, 0.6) is 0 Å². The summed E-state index contributed by atoms with van der Waals surface area (Å²) in [5.74, 6) is 1.04. The molecule has 0 atom stereocenters. The first-order valence-corrected chi connectivity index (χ1v) is 18.0. The highest BCUT2D eigenvalue weighted by Crippen LogP contribution is 2.41. The topological polar surface area (TPSA) is 124 Å². The van der Waals surface area contributed by atoms with Gasteiger partial charge in [0.15, 0.2) is 0 Å². The zero-order valence-corrected chi connectivity index (χ0v) is 29.3. The first kappa shape index (κ1) is 35.3. The summed E-state index contributed by atoms with van der Waals surface area (Å²) < 4.78 is 51.7. The Morgan fingerprint density at radius 3 is 2.52 bits per heavy atom. The molecule has 1 spiro atoms. The van der Waals surface area contributed by atoms with Crippen LogP contribution in [0.2, 0.25) is 0 Å². The van der Waals surface area contributed by atoms with Gasteiger partial charge in [-0.2, -0.15) is 0 Å². The van der Waals surface area contributed by atoms with Gasteiger partial charge in [0, 0.05) is 24.7 Å². The molecule has 0 radical (unpaired) electrons. The molecule has 2 aromatic carbocycles. The van der Waals surface area contributed by atoms with Crippen LogP contribution >= 0.6 is 0 Å². The number of hydrogen-bond donors (Lipinski definition) is 0. The third-order valence-corrected chi connectivity index (χ3v) is 10.8. The number of carbonyl (C=O) groups is 1. The molecule has 5 rings (SSSR count). The number of aryl methyl sites for hydroxylation is 1. The minimum Gasteiger partial charge on any atom is -0.504 e. The normalized spacial score (nSPS) is 16.0. The van der Waals surface area contributed by atoms with Crippen molar-refractivity contribution in [3.05, 3.63) is 71.1 Å². The lowest BCUT2D eigenvalue weighted by molar-refractivity contribution is -0.131. The number of amides is 1. The highest BCUT2D eigenvalue weighted by molar-refractivity contribution is 7.93. The van der Waals surface area contributed by atoms with E-state index in [0.717, 1.165) is 66.2 Å². The molecular formula is C36H46N4O7S. The Morgan fingerprint density at radius 1 is 1.06 bits per heavy atom. The fourth-order valence-electron chi connectivity index (χ4n) is 6.31. The molecule has 1 aliphatic carbocycles. The van der Waals surface area contributed by atoms with Crippen LogP contribution in [0.25, 0.3) is 17.2 Å². The number of benzene rings is 2. The summed E-state index contributed by atoms with van der Waals surface area (Å²) in [5, 5.41) is 4.00. The highest BCUT2D eigenvalue weighted by Gasteiger charge is 2.49. The van der Waals surface area contributed by atoms with Crippen LogP contribution in [-0.4, -0.2) is 69.9 Å². The largest absolute Gasteiger partial charge is 0.504 e. The average molecular weight is 679 g/mol. The van der Waals surface area contributed by atoms with Crippen molar-refractivity contribution < 1.29 is 31.9 Å². The van der Waals surface area contributed by atoms with Gasteiger partial charge in [-0.1, -0.05) is 61.7 Å². The summed E-state index contributed by atoms with van der Waals surface area (Å²) in [6.45, 7) is 6.23. The van der Waals surface area contributed by atoms with Gasteiger partial charge >= 0.3 is 0 Å². The summed E-state index contributed by atoms with van der Waals surface area (Å²) in [4.78, 5) is 20.8. The van der Waals surface area contributed by atoms with E-state index in [1.54, 1.807) is 64.7 Å². The van der Waals surface area contributed by atoms with Crippen molar-refractivity contribution in [1.29, 1.82) is 0 Å². The molecular weight excluding hydrogens is 632 g/mol. The molecule has 2 heterocycles. The van der Waals surface area contributed by atoms with E-state index < -0.39 is 15.6 Å². The zero-order valence-electron chi connectivity index (χ0n) is 28.5. The summed E-state index contributed by atoms with van der Waals surface area (Å²) in [6, 6.07) is 12.7. The lowest BCUT2D eigenvalue weighted by Gasteiger charge is -2.24. The Bertz CT molecular complexity index is 1760. The number of methoxy groups -OCH3 is 2. The number of aliphatic imine (C=N–C) groups is 1. The van der Waals surface area contributed by atoms with Gasteiger partial charge in [-0.3, -0.25) is 14.7 Å². The monoisotopic (exact) mass is 678 g/mol. The lowest BCUT2D eigenvalue weighted by atomic mass is 9.96. The van der Waals surface area contributed by atoms with Gasteiger partial charge in [0.05, 0.1) is 43.7 Å². The Balaban J connectivity index is 1.53. The van der Waals surface area contributed by atoms with Gasteiger partial charge in [-0.15, -0.1) is 0 Å². The standard InChI is InChI=1S/C36H46N4O7S/c1-6-7-14-33-37-36(18-10-11-19-36)35(41)39(33)24-28-15-16-30(29(23-28)17-20-44-4)31-12-8-9-13-32(31)48(42,43)40(25-46-22-21-45-5)34-26(2)27(3)38-47-34/h8-9,12-13,15-17,20,23H,6-7,10-11,14,18-19,21-22,24-25H2,1-5H3. The molecule has 11 nitrogen and oxygen atoms in total. The molecule has 1 amide bonds. The molecule has 48 heavy (non-hydrogen) atoms. The van der Waals surface area contributed by atoms with Crippen LogP contribution < -0.4 is 4.31 Å². The van der Waals surface area contributed by atoms with Gasteiger partial charge in [0.25, 0.3) is 15.9 Å². The second kappa shape index (κ2) is 15.5. The second-order valence-corrected chi connectivity index (χ2v) is 14.1. The van der Waals surface area contributed by atoms with Gasteiger partial charge < -0.3 is 18.7 Å². The number of sulfonamides is 1. The molecule has 1 aromatic heterocycles. The fourth-order valence-corrected chi connectivity index (χ4v) is 7.86. The van der Waals surface area contributed by atoms with E-state index in [0.29, 0.717) is 35.5 Å². The average Bonchev–Trinajstić information content (AvgIpc) is 3.77. The minimum absolute atomic E-state index is 0.0699. The molecule has 258 valence electrons. The zero-order chi connectivity index (χ0) is 34.3. The third-order valence-electron chi connectivity index (χ3n) is 9.07. The van der Waals surface area contributed by atoms with Crippen molar-refractivity contribution in [2.45, 2.75) is 82.7 Å². The van der Waals surface area contributed by atoms with Crippen molar-refractivity contribution in [1.82, 2.24) is 10.1 Å². The number of hydrogen-bond acceptors (Lipinski definition) is 9. The first-order chi connectivity index (χ1) is 23.2. The van der Waals surface area contributed by atoms with Crippen molar-refractivity contribution in [2.75, 3.05) is 38.5 Å². The molecule has 0 bridgehead atoms. The number of amidine groups is 1. The van der Waals surface area contributed by atoms with E-state index in [-0.39, 0.29) is 30.0 Å². The molecule has 1 fully saturated rings. The number of rotatable bonds is 16.